The second kappa shape index (κ2) is 12.3. The van der Waals surface area contributed by atoms with Gasteiger partial charge in [0.1, 0.15) is 11.6 Å². The number of sulfone groups is 1. The molecule has 16 heteroatoms. The molecule has 1 aliphatic heterocycles. The van der Waals surface area contributed by atoms with Gasteiger partial charge in [0, 0.05) is 37.4 Å². The van der Waals surface area contributed by atoms with E-state index in [2.05, 4.69) is 21.5 Å². The van der Waals surface area contributed by atoms with E-state index in [0.29, 0.717) is 6.07 Å². The van der Waals surface area contributed by atoms with Gasteiger partial charge < -0.3 is 9.80 Å². The lowest BCUT2D eigenvalue weighted by Gasteiger charge is -2.40. The number of carbonyl (C=O) groups excluding carboxylic acids is 1. The molecule has 0 saturated carbocycles. The summed E-state index contributed by atoms with van der Waals surface area (Å²) in [6.45, 7) is 10.3. The van der Waals surface area contributed by atoms with E-state index in [0.717, 1.165) is 16.7 Å². The Balaban J connectivity index is 1.90. The number of aryl methyl sites for hydroxylation is 1. The van der Waals surface area contributed by atoms with Crippen molar-refractivity contribution in [3.8, 4) is 16.9 Å². The van der Waals surface area contributed by atoms with Gasteiger partial charge in [0.25, 0.3) is 0 Å². The molecular formula is C31H29ClF4N6O4S. The van der Waals surface area contributed by atoms with Crippen molar-refractivity contribution in [3.05, 3.63) is 81.8 Å². The predicted molar refractivity (Wildman–Crippen MR) is 169 cm³/mol. The van der Waals surface area contributed by atoms with Crippen LogP contribution in [-0.2, 0) is 20.8 Å². The van der Waals surface area contributed by atoms with Gasteiger partial charge in [-0.05, 0) is 58.0 Å². The number of fused-ring (bicyclic) bond motifs is 1. The number of hydrogen-bond acceptors (Lipinski definition) is 8. The summed E-state index contributed by atoms with van der Waals surface area (Å²) in [5.74, 6) is -1.52. The number of amides is 1. The van der Waals surface area contributed by atoms with Crippen molar-refractivity contribution >= 4 is 44.2 Å². The number of halogens is 5. The minimum atomic E-state index is -5.00. The first-order valence-corrected chi connectivity index (χ1v) is 16.3. The SMILES string of the molecule is C=CC(=O)N1CCN(c2nc(=O)n(-c3c(S(=O)(=O)C(C)C)ccnc3C)c3nc(-c4c(F)cccc4C(F)(F)F)c(Cl)cc23)[C@@H](C)C1. The summed E-state index contributed by atoms with van der Waals surface area (Å²) in [5.41, 5.74) is -4.42. The van der Waals surface area contributed by atoms with E-state index in [1.165, 1.54) is 45.2 Å². The first kappa shape index (κ1) is 34.0. The van der Waals surface area contributed by atoms with Crippen LogP contribution >= 0.6 is 11.6 Å². The summed E-state index contributed by atoms with van der Waals surface area (Å²) in [7, 11) is -4.07. The van der Waals surface area contributed by atoms with E-state index in [4.69, 9.17) is 11.6 Å². The lowest BCUT2D eigenvalue weighted by Crippen LogP contribution is -2.54. The third kappa shape index (κ3) is 5.97. The summed E-state index contributed by atoms with van der Waals surface area (Å²) in [6.07, 6.45) is -2.57. The van der Waals surface area contributed by atoms with Crippen LogP contribution in [0.1, 0.15) is 32.0 Å². The second-order valence-electron chi connectivity index (χ2n) is 11.3. The van der Waals surface area contributed by atoms with E-state index in [-0.39, 0.29) is 63.7 Å². The Morgan fingerprint density at radius 3 is 2.49 bits per heavy atom. The van der Waals surface area contributed by atoms with Gasteiger partial charge in [-0.1, -0.05) is 24.2 Å². The topological polar surface area (TPSA) is 118 Å². The Hall–Kier alpha value is -4.37. The molecule has 47 heavy (non-hydrogen) atoms. The van der Waals surface area contributed by atoms with Gasteiger partial charge >= 0.3 is 11.9 Å². The third-order valence-corrected chi connectivity index (χ3v) is 10.4. The summed E-state index contributed by atoms with van der Waals surface area (Å²) < 4.78 is 85.5. The van der Waals surface area contributed by atoms with Crippen LogP contribution in [0.15, 0.2) is 58.9 Å². The fourth-order valence-electron chi connectivity index (χ4n) is 5.59. The number of benzene rings is 1. The highest BCUT2D eigenvalue weighted by atomic mass is 35.5. The third-order valence-electron chi connectivity index (χ3n) is 7.96. The number of nitrogens with zero attached hydrogens (tertiary/aromatic N) is 6. The summed E-state index contributed by atoms with van der Waals surface area (Å²) in [4.78, 5) is 42.2. The van der Waals surface area contributed by atoms with Gasteiger partial charge in [0.2, 0.25) is 5.91 Å². The molecule has 248 valence electrons. The Morgan fingerprint density at radius 2 is 1.87 bits per heavy atom. The molecule has 0 bridgehead atoms. The van der Waals surface area contributed by atoms with E-state index in [9.17, 15) is 31.2 Å². The second-order valence-corrected chi connectivity index (χ2v) is 14.2. The molecule has 4 aromatic rings. The number of rotatable bonds is 6. The molecule has 10 nitrogen and oxygen atoms in total. The number of aromatic nitrogens is 4. The summed E-state index contributed by atoms with van der Waals surface area (Å²) in [5, 5.41) is -1.25. The van der Waals surface area contributed by atoms with Gasteiger partial charge in [-0.3, -0.25) is 9.78 Å². The number of anilines is 1. The predicted octanol–water partition coefficient (Wildman–Crippen LogP) is 5.37. The molecule has 1 fully saturated rings. The molecule has 0 radical (unpaired) electrons. The molecule has 1 atom stereocenters. The van der Waals surface area contributed by atoms with Crippen molar-refractivity contribution in [2.45, 2.75) is 50.1 Å². The van der Waals surface area contributed by atoms with Crippen LogP contribution in [0, 0.1) is 12.7 Å². The first-order valence-electron chi connectivity index (χ1n) is 14.4. The molecule has 1 aliphatic rings. The van der Waals surface area contributed by atoms with E-state index >= 15 is 4.39 Å². The molecule has 4 heterocycles. The lowest BCUT2D eigenvalue weighted by atomic mass is 10.0. The maximum Gasteiger partial charge on any atom is 0.417 e. The Morgan fingerprint density at radius 1 is 1.17 bits per heavy atom. The minimum absolute atomic E-state index is 0.0415. The standard InChI is InChI=1S/C31H29ClF4N6O4S/c1-6-24(43)40-12-13-41(17(4)15-40)28-19-14-21(32)26(25-20(31(34,35)36)8-7-9-22(25)33)38-29(19)42(30(44)39-28)27-18(5)37-11-10-23(27)47(45,46)16(2)3/h6-11,14,16-17H,1,12-13,15H2,2-5H3/t17-/m0/s1. The Labute approximate surface area is 272 Å². The van der Waals surface area contributed by atoms with Crippen LogP contribution in [0.25, 0.3) is 28.0 Å². The van der Waals surface area contributed by atoms with Crippen LogP contribution in [0.2, 0.25) is 5.02 Å². The van der Waals surface area contributed by atoms with Gasteiger partial charge in [-0.2, -0.15) is 18.2 Å². The van der Waals surface area contributed by atoms with Crippen LogP contribution in [0.4, 0.5) is 23.4 Å². The van der Waals surface area contributed by atoms with Gasteiger partial charge in [0.05, 0.1) is 43.2 Å². The van der Waals surface area contributed by atoms with Gasteiger partial charge in [-0.15, -0.1) is 0 Å². The monoisotopic (exact) mass is 692 g/mol. The molecule has 0 unspecified atom stereocenters. The van der Waals surface area contributed by atoms with Crippen molar-refractivity contribution in [1.29, 1.82) is 0 Å². The van der Waals surface area contributed by atoms with Crippen molar-refractivity contribution in [2.24, 2.45) is 0 Å². The van der Waals surface area contributed by atoms with Crippen molar-refractivity contribution in [1.82, 2.24) is 24.4 Å². The largest absolute Gasteiger partial charge is 0.417 e. The molecule has 1 aromatic carbocycles. The summed E-state index contributed by atoms with van der Waals surface area (Å²) >= 11 is 6.58. The first-order chi connectivity index (χ1) is 22.0. The summed E-state index contributed by atoms with van der Waals surface area (Å²) in [6, 6.07) is 4.40. The highest BCUT2D eigenvalue weighted by Crippen LogP contribution is 2.42. The fourth-order valence-corrected chi connectivity index (χ4v) is 7.11. The highest BCUT2D eigenvalue weighted by molar-refractivity contribution is 7.92. The minimum Gasteiger partial charge on any atom is -0.350 e. The molecular weight excluding hydrogens is 664 g/mol. The number of alkyl halides is 3. The normalized spacial score (nSPS) is 15.8. The zero-order chi connectivity index (χ0) is 34.6. The average Bonchev–Trinajstić information content (AvgIpc) is 3.00. The molecule has 3 aromatic heterocycles. The number of piperazine rings is 1. The van der Waals surface area contributed by atoms with Crippen molar-refractivity contribution < 1.29 is 30.8 Å². The van der Waals surface area contributed by atoms with Gasteiger partial charge in [0.15, 0.2) is 15.5 Å². The van der Waals surface area contributed by atoms with Crippen molar-refractivity contribution in [3.63, 3.8) is 0 Å². The van der Waals surface area contributed by atoms with Gasteiger partial charge in [-0.25, -0.2) is 27.2 Å². The molecule has 1 saturated heterocycles. The van der Waals surface area contributed by atoms with Crippen LogP contribution in [0.5, 0.6) is 0 Å². The molecule has 0 spiro atoms. The van der Waals surface area contributed by atoms with Crippen LogP contribution in [-0.4, -0.2) is 69.7 Å². The Kier molecular flexibility index (Phi) is 8.92. The maximum absolute atomic E-state index is 15.3. The maximum atomic E-state index is 15.3. The molecule has 1 amide bonds. The van der Waals surface area contributed by atoms with Crippen LogP contribution in [0.3, 0.4) is 0 Å². The number of pyridine rings is 2. The fraction of sp³-hybridized carbons (Fsp3) is 0.323. The highest BCUT2D eigenvalue weighted by Gasteiger charge is 2.37. The zero-order valence-electron chi connectivity index (χ0n) is 25.6. The van der Waals surface area contributed by atoms with E-state index in [1.807, 2.05) is 0 Å². The smallest absolute Gasteiger partial charge is 0.350 e. The van der Waals surface area contributed by atoms with E-state index < -0.39 is 55.6 Å². The average molecular weight is 693 g/mol. The van der Waals surface area contributed by atoms with E-state index in [1.54, 1.807) is 16.7 Å². The van der Waals surface area contributed by atoms with Crippen molar-refractivity contribution in [2.75, 3.05) is 24.5 Å². The Bertz CT molecular complexity index is 2100. The quantitative estimate of drug-likeness (QED) is 0.196. The van der Waals surface area contributed by atoms with Crippen LogP contribution < -0.4 is 10.6 Å². The number of carbonyl (C=O) groups is 1. The molecule has 5 rings (SSSR count). The number of hydrogen-bond donors (Lipinski definition) is 0. The zero-order valence-corrected chi connectivity index (χ0v) is 27.2. The lowest BCUT2D eigenvalue weighted by molar-refractivity contribution is -0.137. The molecule has 0 aliphatic carbocycles. The molecule has 0 N–H and O–H groups in total.